The number of amides is 2. The SMILES string of the molecule is COc1ccc(N2Cc3cnc(Cl)nc3N(C3C[C@@H](O[Si](c4ccccc4)(c4ccccc4)C(C)(C)C)C[C@@H](O[Si](c4ccccc4)(c4ccccc4)C(C)(C)C)C3)C2=O)cc1. The van der Waals surface area contributed by atoms with Crippen LogP contribution in [0.2, 0.25) is 15.4 Å². The Balaban J connectivity index is 1.30. The van der Waals surface area contributed by atoms with Crippen molar-refractivity contribution in [1.82, 2.24) is 9.97 Å². The summed E-state index contributed by atoms with van der Waals surface area (Å²) >= 11 is 6.59. The number of aromatic nitrogens is 2. The molecule has 2 heterocycles. The van der Waals surface area contributed by atoms with Gasteiger partial charge in [0.2, 0.25) is 5.28 Å². The van der Waals surface area contributed by atoms with Gasteiger partial charge in [-0.3, -0.25) is 9.80 Å². The van der Waals surface area contributed by atoms with Crippen molar-refractivity contribution in [2.45, 2.75) is 95.7 Å². The van der Waals surface area contributed by atoms with E-state index in [0.29, 0.717) is 37.4 Å². The number of carbonyl (C=O) groups excluding carboxylic acids is 1. The summed E-state index contributed by atoms with van der Waals surface area (Å²) in [5.74, 6) is 1.24. The van der Waals surface area contributed by atoms with Gasteiger partial charge >= 0.3 is 6.03 Å². The number of methoxy groups -OCH3 is 1. The van der Waals surface area contributed by atoms with Gasteiger partial charge < -0.3 is 13.6 Å². The summed E-state index contributed by atoms with van der Waals surface area (Å²) in [5, 5.41) is 4.37. The lowest BCUT2D eigenvalue weighted by molar-refractivity contribution is 0.0473. The van der Waals surface area contributed by atoms with E-state index < -0.39 is 16.6 Å². The van der Waals surface area contributed by atoms with Crippen molar-refractivity contribution in [3.05, 3.63) is 163 Å². The zero-order valence-electron chi connectivity index (χ0n) is 36.8. The van der Waals surface area contributed by atoms with Crippen LogP contribution in [0, 0.1) is 0 Å². The summed E-state index contributed by atoms with van der Waals surface area (Å²) < 4.78 is 21.5. The summed E-state index contributed by atoms with van der Waals surface area (Å²) in [7, 11) is -4.48. The van der Waals surface area contributed by atoms with Gasteiger partial charge in [0.1, 0.15) is 11.6 Å². The number of ether oxygens (including phenoxy) is 1. The molecule has 3 atom stereocenters. The lowest BCUT2D eigenvalue weighted by Crippen LogP contribution is -2.70. The predicted octanol–water partition coefficient (Wildman–Crippen LogP) is 9.53. The van der Waals surface area contributed by atoms with Crippen LogP contribution in [0.25, 0.3) is 0 Å². The molecule has 2 amide bonds. The number of hydrogen-bond donors (Lipinski definition) is 0. The molecule has 0 bridgehead atoms. The Morgan fingerprint density at radius 1 is 0.613 bits per heavy atom. The van der Waals surface area contributed by atoms with Crippen molar-refractivity contribution in [1.29, 1.82) is 0 Å². The van der Waals surface area contributed by atoms with Gasteiger partial charge in [-0.25, -0.2) is 9.78 Å². The molecule has 62 heavy (non-hydrogen) atoms. The molecular weight excluding hydrogens is 824 g/mol. The van der Waals surface area contributed by atoms with E-state index in [0.717, 1.165) is 11.3 Å². The Labute approximate surface area is 374 Å². The van der Waals surface area contributed by atoms with E-state index in [9.17, 15) is 0 Å². The third-order valence-electron chi connectivity index (χ3n) is 12.7. The molecule has 5 aromatic carbocycles. The normalized spacial score (nSPS) is 18.6. The second-order valence-electron chi connectivity index (χ2n) is 18.6. The van der Waals surface area contributed by atoms with Crippen LogP contribution in [0.1, 0.15) is 66.4 Å². The molecular formula is C51H57ClN4O4Si2. The first-order valence-corrected chi connectivity index (χ1v) is 25.8. The fourth-order valence-electron chi connectivity index (χ4n) is 9.92. The lowest BCUT2D eigenvalue weighted by atomic mass is 9.89. The van der Waals surface area contributed by atoms with Gasteiger partial charge in [-0.05, 0) is 86.0 Å². The number of benzene rings is 5. The first-order chi connectivity index (χ1) is 29.7. The lowest BCUT2D eigenvalue weighted by Gasteiger charge is -2.51. The maximum absolute atomic E-state index is 15.3. The zero-order valence-corrected chi connectivity index (χ0v) is 39.5. The number of anilines is 2. The van der Waals surface area contributed by atoms with Crippen LogP contribution in [0.4, 0.5) is 16.3 Å². The summed E-state index contributed by atoms with van der Waals surface area (Å²) in [5.41, 5.74) is 1.56. The molecule has 1 unspecified atom stereocenters. The van der Waals surface area contributed by atoms with E-state index in [4.69, 9.17) is 30.2 Å². The largest absolute Gasteiger partial charge is 0.497 e. The molecule has 11 heteroatoms. The molecule has 0 saturated heterocycles. The van der Waals surface area contributed by atoms with E-state index in [1.807, 2.05) is 29.2 Å². The van der Waals surface area contributed by atoms with Gasteiger partial charge in [0.15, 0.2) is 0 Å². The molecule has 0 radical (unpaired) electrons. The van der Waals surface area contributed by atoms with Gasteiger partial charge in [-0.2, -0.15) is 4.98 Å². The van der Waals surface area contributed by atoms with Crippen LogP contribution >= 0.6 is 11.6 Å². The molecule has 8 rings (SSSR count). The minimum atomic E-state index is -3.06. The highest BCUT2D eigenvalue weighted by atomic mass is 35.5. The summed E-state index contributed by atoms with van der Waals surface area (Å²) in [6.07, 6.45) is 2.92. The molecule has 1 aromatic heterocycles. The second kappa shape index (κ2) is 17.6. The molecule has 1 fully saturated rings. The highest BCUT2D eigenvalue weighted by Crippen LogP contribution is 2.45. The topological polar surface area (TPSA) is 77.0 Å². The number of halogens is 1. The van der Waals surface area contributed by atoms with E-state index in [1.165, 1.54) is 20.7 Å². The number of nitrogens with zero attached hydrogens (tertiary/aromatic N) is 4. The number of carbonyl (C=O) groups is 1. The van der Waals surface area contributed by atoms with Gasteiger partial charge in [-0.15, -0.1) is 0 Å². The highest BCUT2D eigenvalue weighted by Gasteiger charge is 2.56. The molecule has 1 aliphatic heterocycles. The molecule has 1 aliphatic carbocycles. The molecule has 6 aromatic rings. The van der Waals surface area contributed by atoms with Crippen LogP contribution in [0.5, 0.6) is 5.75 Å². The van der Waals surface area contributed by atoms with Crippen LogP contribution in [0.15, 0.2) is 152 Å². The Morgan fingerprint density at radius 2 is 1.03 bits per heavy atom. The Bertz CT molecular complexity index is 2260. The number of fused-ring (bicyclic) bond motifs is 1. The average Bonchev–Trinajstić information content (AvgIpc) is 3.27. The van der Waals surface area contributed by atoms with Crippen LogP contribution in [-0.4, -0.2) is 58.0 Å². The molecule has 8 nitrogen and oxygen atoms in total. The van der Waals surface area contributed by atoms with Crippen molar-refractivity contribution in [2.24, 2.45) is 0 Å². The Hall–Kier alpha value is -5.11. The maximum atomic E-state index is 15.3. The minimum Gasteiger partial charge on any atom is -0.497 e. The molecule has 0 spiro atoms. The van der Waals surface area contributed by atoms with E-state index in [1.54, 1.807) is 18.2 Å². The van der Waals surface area contributed by atoms with Crippen molar-refractivity contribution in [3.8, 4) is 5.75 Å². The third kappa shape index (κ3) is 8.15. The fourth-order valence-corrected chi connectivity index (χ4v) is 19.5. The number of rotatable bonds is 11. The van der Waals surface area contributed by atoms with Gasteiger partial charge in [-0.1, -0.05) is 163 Å². The van der Waals surface area contributed by atoms with Crippen molar-refractivity contribution >= 4 is 66.5 Å². The highest BCUT2D eigenvalue weighted by molar-refractivity contribution is 7.00. The Morgan fingerprint density at radius 3 is 1.42 bits per heavy atom. The van der Waals surface area contributed by atoms with Crippen LogP contribution in [0.3, 0.4) is 0 Å². The average molecular weight is 882 g/mol. The van der Waals surface area contributed by atoms with Crippen molar-refractivity contribution < 1.29 is 18.4 Å². The zero-order chi connectivity index (χ0) is 43.7. The van der Waals surface area contributed by atoms with Crippen LogP contribution < -0.4 is 35.3 Å². The number of hydrogen-bond acceptors (Lipinski definition) is 6. The standard InChI is InChI=1S/C51H57ClN4O4Si2/c1-50(2,3)61(43-20-12-8-13-21-43,44-22-14-9-15-23-44)59-41-32-39(56-47-37(35-53-48(52)54-47)36-55(49(56)57)38-28-30-40(58-7)31-29-38)33-42(34-41)60-62(51(4,5)6,45-24-16-10-17-25-45)46-26-18-11-19-27-46/h8-31,35,39,41-42H,32-34,36H2,1-7H3/t39?,41-,42+. The third-order valence-corrected chi connectivity index (χ3v) is 23.0. The van der Waals surface area contributed by atoms with E-state index in [-0.39, 0.29) is 39.6 Å². The predicted molar refractivity (Wildman–Crippen MR) is 257 cm³/mol. The molecule has 1 saturated carbocycles. The summed E-state index contributed by atoms with van der Waals surface area (Å²) in [6, 6.07) is 50.1. The summed E-state index contributed by atoms with van der Waals surface area (Å²) in [4.78, 5) is 28.1. The van der Waals surface area contributed by atoms with Crippen molar-refractivity contribution in [2.75, 3.05) is 16.9 Å². The van der Waals surface area contributed by atoms with Gasteiger partial charge in [0.05, 0.1) is 25.9 Å². The second-order valence-corrected chi connectivity index (χ2v) is 27.4. The fraction of sp³-hybridized carbons (Fsp3) is 0.314. The van der Waals surface area contributed by atoms with Gasteiger partial charge in [0.25, 0.3) is 16.6 Å². The maximum Gasteiger partial charge on any atom is 0.330 e. The van der Waals surface area contributed by atoms with E-state index >= 15 is 4.79 Å². The molecule has 320 valence electrons. The minimum absolute atomic E-state index is 0.0930. The molecule has 2 aliphatic rings. The monoisotopic (exact) mass is 880 g/mol. The molecule has 0 N–H and O–H groups in total. The van der Waals surface area contributed by atoms with Gasteiger partial charge in [0, 0.05) is 23.5 Å². The quantitative estimate of drug-likeness (QED) is 0.0954. The van der Waals surface area contributed by atoms with E-state index in [2.05, 4.69) is 168 Å². The van der Waals surface area contributed by atoms with Crippen molar-refractivity contribution in [3.63, 3.8) is 0 Å². The van der Waals surface area contributed by atoms with Crippen LogP contribution in [-0.2, 0) is 15.4 Å². The smallest absolute Gasteiger partial charge is 0.330 e. The first-order valence-electron chi connectivity index (χ1n) is 21.6. The summed E-state index contributed by atoms with van der Waals surface area (Å²) in [6.45, 7) is 14.2. The first kappa shape index (κ1) is 43.5. The Kier molecular flexibility index (Phi) is 12.3. The number of urea groups is 1.